The molecule has 1 fully saturated rings. The van der Waals surface area contributed by atoms with Gasteiger partial charge in [0.15, 0.2) is 0 Å². The van der Waals surface area contributed by atoms with Crippen LogP contribution in [0.25, 0.3) is 0 Å². The van der Waals surface area contributed by atoms with Crippen LogP contribution in [0.5, 0.6) is 0 Å². The maximum atomic E-state index is 13.2. The van der Waals surface area contributed by atoms with Crippen molar-refractivity contribution in [3.05, 3.63) is 29.3 Å². The highest BCUT2D eigenvalue weighted by Gasteiger charge is 2.45. The fourth-order valence-corrected chi connectivity index (χ4v) is 5.53. The highest BCUT2D eigenvalue weighted by molar-refractivity contribution is 6.26. The third kappa shape index (κ3) is 17.3. The summed E-state index contributed by atoms with van der Waals surface area (Å²) in [5, 5.41) is 13.4. The molecule has 3 rings (SSSR count). The molecule has 0 bridgehead atoms. The van der Waals surface area contributed by atoms with Gasteiger partial charge in [-0.3, -0.25) is 43.8 Å². The summed E-state index contributed by atoms with van der Waals surface area (Å²) in [6.45, 7) is 5.04. The number of carboxylic acid groups (broad SMARTS) is 1. The highest BCUT2D eigenvalue weighted by atomic mass is 16.6. The number of piperidine rings is 1. The van der Waals surface area contributed by atoms with Gasteiger partial charge < -0.3 is 43.6 Å². The van der Waals surface area contributed by atoms with Crippen LogP contribution in [0.1, 0.15) is 84.9 Å². The number of esters is 1. The maximum Gasteiger partial charge on any atom is 0.305 e. The molecule has 0 spiro atoms. The van der Waals surface area contributed by atoms with Crippen LogP contribution in [0.3, 0.4) is 0 Å². The summed E-state index contributed by atoms with van der Waals surface area (Å²) in [7, 11) is 0. The molecular formula is C37H53N3O15. The Morgan fingerprint density at radius 2 is 1.22 bits per heavy atom. The van der Waals surface area contributed by atoms with Crippen LogP contribution >= 0.6 is 0 Å². The van der Waals surface area contributed by atoms with E-state index >= 15 is 0 Å². The van der Waals surface area contributed by atoms with Crippen LogP contribution in [0.4, 0.5) is 5.69 Å². The minimum absolute atomic E-state index is 0.0220. The van der Waals surface area contributed by atoms with Gasteiger partial charge in [-0.25, -0.2) is 0 Å². The molecule has 1 atom stereocenters. The summed E-state index contributed by atoms with van der Waals surface area (Å²) < 4.78 is 37.7. The maximum absolute atomic E-state index is 13.2. The summed E-state index contributed by atoms with van der Waals surface area (Å²) in [6, 6.07) is 3.50. The largest absolute Gasteiger partial charge is 0.481 e. The van der Waals surface area contributed by atoms with E-state index in [-0.39, 0.29) is 74.0 Å². The van der Waals surface area contributed by atoms with Crippen molar-refractivity contribution >= 4 is 47.2 Å². The summed E-state index contributed by atoms with van der Waals surface area (Å²) in [5.74, 6) is -4.00. The molecule has 5 amide bonds. The minimum Gasteiger partial charge on any atom is -0.481 e. The number of carboxylic acids is 1. The van der Waals surface area contributed by atoms with E-state index < -0.39 is 35.6 Å². The molecule has 1 saturated heterocycles. The van der Waals surface area contributed by atoms with Crippen LogP contribution in [0, 0.1) is 0 Å². The molecule has 2 aliphatic heterocycles. The summed E-state index contributed by atoms with van der Waals surface area (Å²) in [4.78, 5) is 85.4. The Morgan fingerprint density at radius 1 is 0.673 bits per heavy atom. The quantitative estimate of drug-likeness (QED) is 0.0555. The van der Waals surface area contributed by atoms with Gasteiger partial charge in [0, 0.05) is 32.3 Å². The molecule has 2 aliphatic rings. The van der Waals surface area contributed by atoms with Gasteiger partial charge in [-0.05, 0) is 44.2 Å². The molecule has 18 heteroatoms. The number of rotatable bonds is 31. The van der Waals surface area contributed by atoms with Gasteiger partial charge in [0.2, 0.25) is 17.7 Å². The number of amides is 5. The fraction of sp³-hybridized carbons (Fsp3) is 0.649. The smallest absolute Gasteiger partial charge is 0.305 e. The predicted molar refractivity (Wildman–Crippen MR) is 192 cm³/mol. The van der Waals surface area contributed by atoms with Crippen LogP contribution in [0.15, 0.2) is 18.2 Å². The zero-order valence-electron chi connectivity index (χ0n) is 31.2. The number of imide groups is 2. The van der Waals surface area contributed by atoms with Gasteiger partial charge in [0.1, 0.15) is 12.6 Å². The number of carbonyl (C=O) groups is 7. The Bertz CT molecular complexity index is 1420. The van der Waals surface area contributed by atoms with Crippen molar-refractivity contribution in [3.63, 3.8) is 0 Å². The normalized spacial score (nSPS) is 15.3. The van der Waals surface area contributed by atoms with Crippen molar-refractivity contribution in [2.45, 2.75) is 70.3 Å². The number of nitrogens with zero attached hydrogens (tertiary/aromatic N) is 1. The average molecular weight is 780 g/mol. The lowest BCUT2D eigenvalue weighted by molar-refractivity contribution is -0.146. The topological polar surface area (TPSA) is 232 Å². The molecule has 306 valence electrons. The number of unbranched alkanes of at least 4 members (excludes halogenated alkanes) is 3. The molecule has 3 N–H and O–H groups in total. The average Bonchev–Trinajstić information content (AvgIpc) is 3.41. The highest BCUT2D eigenvalue weighted by Crippen LogP contribution is 2.32. The van der Waals surface area contributed by atoms with E-state index in [0.29, 0.717) is 91.9 Å². The molecule has 1 unspecified atom stereocenters. The molecule has 55 heavy (non-hydrogen) atoms. The van der Waals surface area contributed by atoms with Crippen molar-refractivity contribution in [1.82, 2.24) is 10.2 Å². The number of fused-ring (bicyclic) bond motifs is 1. The Morgan fingerprint density at radius 3 is 1.80 bits per heavy atom. The second-order valence-corrected chi connectivity index (χ2v) is 12.5. The number of anilines is 1. The SMILES string of the molecule is O=C(O)CCCCC(=O)OCCOCCOCCOCCOCCOCCOCCCCCC(=O)Nc1cccc2c1C(=O)N(C1CCC(=O)NC1=O)C2=O. The number of aliphatic carboxylic acids is 1. The first kappa shape index (κ1) is 45.1. The number of hydrogen-bond acceptors (Lipinski definition) is 14. The van der Waals surface area contributed by atoms with E-state index in [2.05, 4.69) is 10.6 Å². The molecule has 18 nitrogen and oxygen atoms in total. The van der Waals surface area contributed by atoms with Crippen LogP contribution in [-0.2, 0) is 57.1 Å². The van der Waals surface area contributed by atoms with Gasteiger partial charge in [0.05, 0.1) is 89.5 Å². The van der Waals surface area contributed by atoms with Gasteiger partial charge >= 0.3 is 11.9 Å². The Hall–Kier alpha value is -4.33. The second-order valence-electron chi connectivity index (χ2n) is 12.5. The van der Waals surface area contributed by atoms with Gasteiger partial charge in [0.25, 0.3) is 11.8 Å². The van der Waals surface area contributed by atoms with E-state index in [1.54, 1.807) is 12.1 Å². The summed E-state index contributed by atoms with van der Waals surface area (Å²) in [5.41, 5.74) is 0.356. The number of ether oxygens (including phenoxy) is 7. The van der Waals surface area contributed by atoms with E-state index in [0.717, 1.165) is 17.7 Å². The van der Waals surface area contributed by atoms with Gasteiger partial charge in [-0.2, -0.15) is 0 Å². The summed E-state index contributed by atoms with van der Waals surface area (Å²) in [6.07, 6.45) is 3.56. The third-order valence-electron chi connectivity index (χ3n) is 8.31. The first-order valence-electron chi connectivity index (χ1n) is 18.7. The standard InChI is InChI=1S/C37H53N3O15/c41-30(38-28-8-6-7-27-34(28)37(48)40(36(27)47)29-12-13-31(42)39-35(29)46)9-2-1-5-14-49-15-16-50-17-18-51-19-20-52-21-22-53-23-24-54-25-26-55-33(45)11-4-3-10-32(43)44/h6-8,29H,1-5,9-26H2,(H,38,41)(H,43,44)(H,39,42,46). The zero-order valence-corrected chi connectivity index (χ0v) is 31.2. The monoisotopic (exact) mass is 779 g/mol. The molecule has 1 aromatic rings. The van der Waals surface area contributed by atoms with E-state index in [9.17, 15) is 33.6 Å². The van der Waals surface area contributed by atoms with Gasteiger partial charge in [-0.1, -0.05) is 12.5 Å². The van der Waals surface area contributed by atoms with Gasteiger partial charge in [-0.15, -0.1) is 0 Å². The zero-order chi connectivity index (χ0) is 39.7. The molecule has 0 saturated carbocycles. The van der Waals surface area contributed by atoms with Crippen molar-refractivity contribution in [1.29, 1.82) is 0 Å². The lowest BCUT2D eigenvalue weighted by Crippen LogP contribution is -2.54. The van der Waals surface area contributed by atoms with Crippen molar-refractivity contribution < 1.29 is 71.8 Å². The summed E-state index contributed by atoms with van der Waals surface area (Å²) >= 11 is 0. The molecule has 2 heterocycles. The van der Waals surface area contributed by atoms with Crippen molar-refractivity contribution in [2.75, 3.05) is 91.2 Å². The second kappa shape index (κ2) is 26.5. The lowest BCUT2D eigenvalue weighted by Gasteiger charge is -2.27. The van der Waals surface area contributed by atoms with Crippen LogP contribution in [-0.4, -0.2) is 143 Å². The van der Waals surface area contributed by atoms with Crippen molar-refractivity contribution in [2.24, 2.45) is 0 Å². The fourth-order valence-electron chi connectivity index (χ4n) is 5.53. The Labute approximate surface area is 319 Å². The van der Waals surface area contributed by atoms with Crippen molar-refractivity contribution in [3.8, 4) is 0 Å². The van der Waals surface area contributed by atoms with Crippen LogP contribution < -0.4 is 10.6 Å². The number of carbonyl (C=O) groups excluding carboxylic acids is 6. The minimum atomic E-state index is -1.08. The molecular weight excluding hydrogens is 726 g/mol. The lowest BCUT2D eigenvalue weighted by atomic mass is 10.0. The predicted octanol–water partition coefficient (Wildman–Crippen LogP) is 1.87. The van der Waals surface area contributed by atoms with Crippen LogP contribution in [0.2, 0.25) is 0 Å². The molecule has 0 aromatic heterocycles. The Kier molecular flexibility index (Phi) is 21.7. The molecule has 0 aliphatic carbocycles. The number of nitrogens with one attached hydrogen (secondary N) is 2. The number of benzene rings is 1. The molecule has 1 aromatic carbocycles. The van der Waals surface area contributed by atoms with E-state index in [1.165, 1.54) is 6.07 Å². The number of hydrogen-bond donors (Lipinski definition) is 3. The van der Waals surface area contributed by atoms with E-state index in [1.807, 2.05) is 0 Å². The molecule has 0 radical (unpaired) electrons. The first-order chi connectivity index (χ1) is 26.7. The third-order valence-corrected chi connectivity index (χ3v) is 8.31. The van der Waals surface area contributed by atoms with E-state index in [4.69, 9.17) is 38.3 Å². The Balaban J connectivity index is 1.06. The first-order valence-corrected chi connectivity index (χ1v) is 18.7.